The van der Waals surface area contributed by atoms with E-state index in [9.17, 15) is 0 Å². The second kappa shape index (κ2) is 23.1. The zero-order chi connectivity index (χ0) is 72.1. The molecule has 0 radical (unpaired) electrons. The van der Waals surface area contributed by atoms with Crippen LogP contribution >= 0.6 is 11.3 Å². The second-order valence-electron chi connectivity index (χ2n) is 36.0. The van der Waals surface area contributed by atoms with Crippen LogP contribution in [0.1, 0.15) is 164 Å². The van der Waals surface area contributed by atoms with E-state index in [1.807, 2.05) is 11.3 Å². The number of rotatable bonds is 7. The van der Waals surface area contributed by atoms with Gasteiger partial charge in [0.2, 0.25) is 0 Å². The van der Waals surface area contributed by atoms with Gasteiger partial charge in [-0.1, -0.05) is 270 Å². The van der Waals surface area contributed by atoms with Gasteiger partial charge in [0.25, 0.3) is 13.4 Å². The molecule has 103 heavy (non-hydrogen) atoms. The molecule has 0 saturated heterocycles. The summed E-state index contributed by atoms with van der Waals surface area (Å²) in [6, 6.07) is 90.2. The van der Waals surface area contributed by atoms with Crippen LogP contribution in [-0.2, 0) is 32.5 Å². The number of benzene rings is 11. The highest BCUT2D eigenvalue weighted by Crippen LogP contribution is 2.66. The van der Waals surface area contributed by atoms with E-state index in [-0.39, 0.29) is 45.9 Å². The number of nitrogens with zero attached hydrogens (tertiary/aromatic N) is 5. The largest absolute Gasteiger partial charge is 0.311 e. The normalized spacial score (nSPS) is 14.2. The maximum atomic E-state index is 2.81. The molecule has 0 saturated carbocycles. The van der Waals surface area contributed by atoms with Crippen LogP contribution in [-0.4, -0.2) is 13.4 Å². The molecule has 5 nitrogen and oxygen atoms in total. The zero-order valence-corrected chi connectivity index (χ0v) is 64.6. The number of anilines is 15. The molecule has 5 aliphatic rings. The SMILES string of the molecule is Cc1cc2c3c(c1)N1c4c(ccc5c4N(c4cc(N(c6ccccc6)c6ccccc6)cc6c4B5c4cc(C(C)(C)C)ccc4N6c4cc(C(C)(C)C)cc(C(C)(C)C)c4)c4c(-c5ccccc5)sc(-c5ccccc5)c41)B3c1ccc(C(C)(C)C)cc1N2c1cc(C(C)(C)C)cc(C(C)(C)C)c1. The lowest BCUT2D eigenvalue weighted by molar-refractivity contribution is 0.568. The molecule has 0 N–H and O–H groups in total. The van der Waals surface area contributed by atoms with Crippen molar-refractivity contribution >= 4 is 143 Å². The summed E-state index contributed by atoms with van der Waals surface area (Å²) in [5.74, 6) is 0. The van der Waals surface area contributed by atoms with E-state index in [1.165, 1.54) is 161 Å². The molecule has 17 rings (SSSR count). The van der Waals surface area contributed by atoms with Crippen LogP contribution < -0.4 is 57.3 Å². The number of thiophene rings is 1. The Labute approximate surface area is 617 Å². The van der Waals surface area contributed by atoms with Crippen LogP contribution in [0.25, 0.3) is 20.9 Å². The smallest absolute Gasteiger partial charge is 0.252 e. The van der Waals surface area contributed by atoms with Crippen LogP contribution in [0, 0.1) is 6.92 Å². The van der Waals surface area contributed by atoms with Crippen molar-refractivity contribution in [2.24, 2.45) is 0 Å². The monoisotopic (exact) mass is 1360 g/mol. The Morgan fingerprint density at radius 1 is 0.272 bits per heavy atom. The number of hydrogen-bond acceptors (Lipinski definition) is 6. The van der Waals surface area contributed by atoms with Gasteiger partial charge in [-0.2, -0.15) is 0 Å². The van der Waals surface area contributed by atoms with Gasteiger partial charge in [-0.15, -0.1) is 11.3 Å². The molecule has 0 amide bonds. The van der Waals surface area contributed by atoms with E-state index in [4.69, 9.17) is 0 Å². The fraction of sp³-hybridized carbons (Fsp3) is 0.263. The van der Waals surface area contributed by atoms with E-state index < -0.39 is 0 Å². The van der Waals surface area contributed by atoms with Crippen molar-refractivity contribution in [3.05, 3.63) is 269 Å². The minimum absolute atomic E-state index is 0.103. The summed E-state index contributed by atoms with van der Waals surface area (Å²) in [6.07, 6.45) is 0. The van der Waals surface area contributed by atoms with E-state index in [2.05, 4.69) is 387 Å². The van der Waals surface area contributed by atoms with Crippen molar-refractivity contribution in [1.29, 1.82) is 0 Å². The second-order valence-corrected chi connectivity index (χ2v) is 37.1. The summed E-state index contributed by atoms with van der Waals surface area (Å²) in [5.41, 5.74) is 36.5. The average molecular weight is 1360 g/mol. The molecule has 0 aliphatic carbocycles. The maximum absolute atomic E-state index is 2.81. The first kappa shape index (κ1) is 66.5. The molecule has 0 unspecified atom stereocenters. The lowest BCUT2D eigenvalue weighted by atomic mass is 9.30. The van der Waals surface area contributed by atoms with E-state index >= 15 is 0 Å². The Morgan fingerprint density at radius 3 is 1.05 bits per heavy atom. The molecule has 6 heterocycles. The molecular formula is C95H95B2N5S. The van der Waals surface area contributed by atoms with Gasteiger partial charge in [-0.05, 0) is 207 Å². The molecule has 11 aromatic carbocycles. The molecule has 0 fully saturated rings. The van der Waals surface area contributed by atoms with Gasteiger partial charge in [0.15, 0.2) is 0 Å². The molecule has 12 aromatic rings. The first-order chi connectivity index (χ1) is 48.8. The highest BCUT2D eigenvalue weighted by molar-refractivity contribution is 7.20. The molecular weight excluding hydrogens is 1260 g/mol. The maximum Gasteiger partial charge on any atom is 0.252 e. The molecule has 5 aliphatic heterocycles. The first-order valence-corrected chi connectivity index (χ1v) is 38.1. The number of hydrogen-bond donors (Lipinski definition) is 0. The standard InChI is InChI=1S/C95H95B2N5S/c1-58-46-78-82-79(47-58)101-84-73(96(82)72-42-40-62(91(5,6)7)55-77(72)100(78)70-52-65(94(14,15)16)49-66(53-70)95(17,18)19)43-44-74-85(84)102(87-86(101)88(59-32-24-20-25-33-59)103-89(87)60-34-26-21-27-35-60)81-57-71(98(67-36-28-22-29-37-67)68-38-30-23-31-39-68)56-80-83(81)97(74)75-54-61(90(2,3)4)41-45-76(75)99(80)69-50-63(92(8,9)10)48-64(51-69)93(11,12)13/h20-57H,1-19H3. The minimum atomic E-state index is -0.181. The topological polar surface area (TPSA) is 16.2 Å². The highest BCUT2D eigenvalue weighted by atomic mass is 32.1. The van der Waals surface area contributed by atoms with Crippen molar-refractivity contribution < 1.29 is 0 Å². The van der Waals surface area contributed by atoms with E-state index in [1.54, 1.807) is 0 Å². The highest BCUT2D eigenvalue weighted by Gasteiger charge is 2.54. The Morgan fingerprint density at radius 2 is 0.621 bits per heavy atom. The predicted octanol–water partition coefficient (Wildman–Crippen LogP) is 23.1. The fourth-order valence-electron chi connectivity index (χ4n) is 17.0. The quantitative estimate of drug-likeness (QED) is 0.147. The average Bonchev–Trinajstić information content (AvgIpc) is 1.64. The zero-order valence-electron chi connectivity index (χ0n) is 63.7. The number of fused-ring (bicyclic) bond motifs is 11. The third kappa shape index (κ3) is 10.7. The van der Waals surface area contributed by atoms with Crippen molar-refractivity contribution in [1.82, 2.24) is 0 Å². The predicted molar refractivity (Wildman–Crippen MR) is 448 cm³/mol. The van der Waals surface area contributed by atoms with Crippen molar-refractivity contribution in [3.63, 3.8) is 0 Å². The van der Waals surface area contributed by atoms with E-state index in [0.29, 0.717) is 0 Å². The molecule has 1 aromatic heterocycles. The van der Waals surface area contributed by atoms with Crippen LogP contribution in [0.15, 0.2) is 231 Å². The summed E-state index contributed by atoms with van der Waals surface area (Å²) in [6.45, 7) is 44.8. The minimum Gasteiger partial charge on any atom is -0.311 e. The number of aryl methyl sites for hydroxylation is 1. The van der Waals surface area contributed by atoms with Gasteiger partial charge in [-0.3, -0.25) is 0 Å². The third-order valence-corrected chi connectivity index (χ3v) is 23.9. The first-order valence-electron chi connectivity index (χ1n) is 37.3. The molecule has 512 valence electrons. The third-order valence-electron chi connectivity index (χ3n) is 22.6. The Kier molecular flexibility index (Phi) is 14.9. The summed E-state index contributed by atoms with van der Waals surface area (Å²) >= 11 is 1.94. The van der Waals surface area contributed by atoms with Gasteiger partial charge in [-0.25, -0.2) is 0 Å². The van der Waals surface area contributed by atoms with Gasteiger partial charge in [0.1, 0.15) is 0 Å². The lowest BCUT2D eigenvalue weighted by Gasteiger charge is -2.52. The Hall–Kier alpha value is -9.75. The Balaban J connectivity index is 1.06. The van der Waals surface area contributed by atoms with Gasteiger partial charge in [0, 0.05) is 56.9 Å². The van der Waals surface area contributed by atoms with Crippen molar-refractivity contribution in [2.45, 2.75) is 164 Å². The molecule has 8 heteroatoms. The summed E-state index contributed by atoms with van der Waals surface area (Å²) in [7, 11) is 0. The lowest BCUT2D eigenvalue weighted by Crippen LogP contribution is -2.65. The van der Waals surface area contributed by atoms with Crippen LogP contribution in [0.5, 0.6) is 0 Å². The summed E-state index contributed by atoms with van der Waals surface area (Å²) in [5, 5.41) is 0. The van der Waals surface area contributed by atoms with Gasteiger partial charge in [0.05, 0.1) is 38.2 Å². The molecule has 0 spiro atoms. The van der Waals surface area contributed by atoms with Crippen LogP contribution in [0.3, 0.4) is 0 Å². The van der Waals surface area contributed by atoms with Crippen LogP contribution in [0.2, 0.25) is 0 Å². The summed E-state index contributed by atoms with van der Waals surface area (Å²) in [4.78, 5) is 15.9. The van der Waals surface area contributed by atoms with Gasteiger partial charge >= 0.3 is 0 Å². The van der Waals surface area contributed by atoms with Crippen molar-refractivity contribution in [2.75, 3.05) is 24.5 Å². The van der Waals surface area contributed by atoms with E-state index in [0.717, 1.165) is 17.1 Å². The molecule has 0 atom stereocenters. The van der Waals surface area contributed by atoms with Crippen molar-refractivity contribution in [3.8, 4) is 20.9 Å². The molecule has 0 bridgehead atoms. The number of para-hydroxylation sites is 2. The van der Waals surface area contributed by atoms with Gasteiger partial charge < -0.3 is 24.5 Å². The summed E-state index contributed by atoms with van der Waals surface area (Å²) < 4.78 is 0. The fourth-order valence-corrected chi connectivity index (χ4v) is 18.3. The Bertz CT molecular complexity index is 5330. The van der Waals surface area contributed by atoms with Crippen LogP contribution in [0.4, 0.5) is 85.3 Å².